The Morgan fingerprint density at radius 2 is 1.74 bits per heavy atom. The molecule has 0 saturated carbocycles. The monoisotopic (exact) mass is 662 g/mol. The number of pyridine rings is 1. The molecule has 13 heteroatoms. The van der Waals surface area contributed by atoms with Crippen molar-refractivity contribution in [1.29, 1.82) is 0 Å². The second kappa shape index (κ2) is 13.8. The number of anilines is 2. The summed E-state index contributed by atoms with van der Waals surface area (Å²) in [5.74, 6) is 1.30. The van der Waals surface area contributed by atoms with Crippen LogP contribution in [-0.2, 0) is 19.4 Å². The summed E-state index contributed by atoms with van der Waals surface area (Å²) in [6.07, 6.45) is 0.861. The average molecular weight is 663 g/mol. The SMILES string of the molecule is COC(=O)Nc1ccc(S(=O)(=O)C(C)C)c([C@H]2CCCN2C(=O)[C@H](Oc2ccc3c(N)nccc3c2)c2ccc(OC)c(OC)c2)c1. The van der Waals surface area contributed by atoms with E-state index < -0.39 is 33.3 Å². The lowest BCUT2D eigenvalue weighted by Gasteiger charge is -2.31. The number of ether oxygens (including phenoxy) is 4. The van der Waals surface area contributed by atoms with E-state index in [1.807, 2.05) is 0 Å². The third kappa shape index (κ3) is 6.75. The van der Waals surface area contributed by atoms with E-state index in [4.69, 9.17) is 24.7 Å². The summed E-state index contributed by atoms with van der Waals surface area (Å²) >= 11 is 0. The molecule has 5 rings (SSSR count). The Kier molecular flexibility index (Phi) is 9.75. The predicted octanol–water partition coefficient (Wildman–Crippen LogP) is 5.68. The van der Waals surface area contributed by atoms with Crippen LogP contribution in [0.15, 0.2) is 71.8 Å². The molecule has 1 aromatic heterocycles. The van der Waals surface area contributed by atoms with Crippen molar-refractivity contribution in [3.63, 3.8) is 0 Å². The van der Waals surface area contributed by atoms with E-state index in [0.29, 0.717) is 59.3 Å². The van der Waals surface area contributed by atoms with Crippen LogP contribution >= 0.6 is 0 Å². The van der Waals surface area contributed by atoms with Crippen LogP contribution in [0.4, 0.5) is 16.3 Å². The van der Waals surface area contributed by atoms with Crippen molar-refractivity contribution in [3.05, 3.63) is 78.0 Å². The second-order valence-corrected chi connectivity index (χ2v) is 13.8. The summed E-state index contributed by atoms with van der Waals surface area (Å²) in [5.41, 5.74) is 7.30. The van der Waals surface area contributed by atoms with E-state index in [1.165, 1.54) is 33.5 Å². The van der Waals surface area contributed by atoms with Crippen molar-refractivity contribution in [1.82, 2.24) is 9.88 Å². The van der Waals surface area contributed by atoms with Gasteiger partial charge in [-0.2, -0.15) is 0 Å². The van der Waals surface area contributed by atoms with Gasteiger partial charge in [-0.1, -0.05) is 6.07 Å². The van der Waals surface area contributed by atoms with Crippen LogP contribution in [0.3, 0.4) is 0 Å². The van der Waals surface area contributed by atoms with Gasteiger partial charge in [0.1, 0.15) is 11.6 Å². The van der Waals surface area contributed by atoms with Gasteiger partial charge in [-0.15, -0.1) is 0 Å². The minimum Gasteiger partial charge on any atom is -0.493 e. The van der Waals surface area contributed by atoms with Gasteiger partial charge in [-0.25, -0.2) is 18.2 Å². The third-order valence-electron chi connectivity index (χ3n) is 8.22. The van der Waals surface area contributed by atoms with Crippen molar-refractivity contribution in [2.45, 2.75) is 49.0 Å². The number of likely N-dealkylation sites (tertiary alicyclic amines) is 1. The number of rotatable bonds is 10. The highest BCUT2D eigenvalue weighted by atomic mass is 32.2. The fraction of sp³-hybridized carbons (Fsp3) is 0.324. The number of amides is 2. The predicted molar refractivity (Wildman–Crippen MR) is 178 cm³/mol. The van der Waals surface area contributed by atoms with E-state index >= 15 is 0 Å². The summed E-state index contributed by atoms with van der Waals surface area (Å²) < 4.78 is 49.3. The third-order valence-corrected chi connectivity index (χ3v) is 10.4. The van der Waals surface area contributed by atoms with Gasteiger partial charge < -0.3 is 29.6 Å². The van der Waals surface area contributed by atoms with Crippen LogP contribution < -0.4 is 25.3 Å². The number of hydrogen-bond donors (Lipinski definition) is 2. The number of nitrogens with one attached hydrogen (secondary N) is 1. The zero-order valence-corrected chi connectivity index (χ0v) is 27.7. The number of benzene rings is 3. The number of fused-ring (bicyclic) bond motifs is 1. The first-order valence-electron chi connectivity index (χ1n) is 15.0. The number of carbonyl (C=O) groups excluding carboxylic acids is 2. The standard InChI is InChI=1S/C34H38N4O8S/c1-20(2)47(41,42)30-13-9-23(37-34(40)45-5)19-26(30)27-7-6-16-38(27)33(39)31(22-8-12-28(43-3)29(18-22)44-4)46-24-10-11-25-21(17-24)14-15-36-32(25)35/h8-15,17-20,27,31H,6-7,16H2,1-5H3,(H2,35,36)(H,37,40)/t27-,31-/m1/s1. The van der Waals surface area contributed by atoms with Crippen LogP contribution in [0.25, 0.3) is 10.8 Å². The Hall–Kier alpha value is -5.04. The molecule has 2 atom stereocenters. The molecule has 0 aliphatic carbocycles. The number of nitrogens with two attached hydrogens (primary N) is 1. The van der Waals surface area contributed by atoms with Gasteiger partial charge in [-0.05, 0) is 92.2 Å². The normalized spacial score (nSPS) is 15.4. The molecule has 248 valence electrons. The zero-order chi connectivity index (χ0) is 33.9. The van der Waals surface area contributed by atoms with E-state index in [0.717, 1.165) is 10.8 Å². The van der Waals surface area contributed by atoms with E-state index in [9.17, 15) is 18.0 Å². The Morgan fingerprint density at radius 3 is 2.45 bits per heavy atom. The van der Waals surface area contributed by atoms with Crippen LogP contribution in [0.2, 0.25) is 0 Å². The largest absolute Gasteiger partial charge is 0.493 e. The van der Waals surface area contributed by atoms with Crippen molar-refractivity contribution in [2.24, 2.45) is 0 Å². The molecule has 3 aromatic carbocycles. The molecule has 47 heavy (non-hydrogen) atoms. The molecule has 0 radical (unpaired) electrons. The van der Waals surface area contributed by atoms with E-state index in [1.54, 1.807) is 73.5 Å². The molecule has 3 N–H and O–H groups in total. The first kappa shape index (κ1) is 33.3. The maximum absolute atomic E-state index is 14.7. The lowest BCUT2D eigenvalue weighted by Crippen LogP contribution is -2.37. The number of hydrogen-bond acceptors (Lipinski definition) is 10. The molecule has 0 spiro atoms. The van der Waals surface area contributed by atoms with Crippen molar-refractivity contribution in [2.75, 3.05) is 38.9 Å². The number of aromatic nitrogens is 1. The first-order valence-corrected chi connectivity index (χ1v) is 16.6. The molecule has 0 unspecified atom stereocenters. The maximum atomic E-state index is 14.7. The maximum Gasteiger partial charge on any atom is 0.411 e. The van der Waals surface area contributed by atoms with E-state index in [-0.39, 0.29) is 10.8 Å². The highest BCUT2D eigenvalue weighted by Crippen LogP contribution is 2.41. The van der Waals surface area contributed by atoms with Gasteiger partial charge >= 0.3 is 6.09 Å². The molecular weight excluding hydrogens is 624 g/mol. The van der Waals surface area contributed by atoms with Gasteiger partial charge in [0.25, 0.3) is 5.91 Å². The molecule has 2 amide bonds. The van der Waals surface area contributed by atoms with Gasteiger partial charge in [0.2, 0.25) is 6.10 Å². The van der Waals surface area contributed by atoms with Gasteiger partial charge in [0, 0.05) is 29.4 Å². The van der Waals surface area contributed by atoms with Crippen molar-refractivity contribution in [3.8, 4) is 17.2 Å². The Balaban J connectivity index is 1.60. The number of sulfone groups is 1. The van der Waals surface area contributed by atoms with Gasteiger partial charge in [0.05, 0.1) is 37.5 Å². The Morgan fingerprint density at radius 1 is 0.979 bits per heavy atom. The molecule has 1 saturated heterocycles. The Bertz CT molecular complexity index is 1910. The average Bonchev–Trinajstić information content (AvgIpc) is 3.56. The lowest BCUT2D eigenvalue weighted by atomic mass is 10.0. The molecular formula is C34H38N4O8S. The van der Waals surface area contributed by atoms with Gasteiger partial charge in [-0.3, -0.25) is 10.1 Å². The summed E-state index contributed by atoms with van der Waals surface area (Å²) in [6, 6.07) is 16.1. The molecule has 0 bridgehead atoms. The summed E-state index contributed by atoms with van der Waals surface area (Å²) in [5, 5.41) is 3.42. The fourth-order valence-corrected chi connectivity index (χ4v) is 7.03. The smallest absolute Gasteiger partial charge is 0.411 e. The first-order chi connectivity index (χ1) is 22.5. The molecule has 12 nitrogen and oxygen atoms in total. The molecule has 4 aromatic rings. The number of nitrogen functional groups attached to an aromatic ring is 1. The second-order valence-electron chi connectivity index (χ2n) is 11.3. The quantitative estimate of drug-likeness (QED) is 0.216. The Labute approximate surface area is 273 Å². The zero-order valence-electron chi connectivity index (χ0n) is 26.9. The molecule has 2 heterocycles. The summed E-state index contributed by atoms with van der Waals surface area (Å²) in [7, 11) is 0.496. The highest BCUT2D eigenvalue weighted by molar-refractivity contribution is 7.92. The number of carbonyl (C=O) groups is 2. The number of methoxy groups -OCH3 is 3. The van der Waals surface area contributed by atoms with Crippen LogP contribution in [0.1, 0.15) is 50.0 Å². The van der Waals surface area contributed by atoms with Crippen LogP contribution in [-0.4, -0.2) is 63.4 Å². The summed E-state index contributed by atoms with van der Waals surface area (Å²) in [6.45, 7) is 3.56. The lowest BCUT2D eigenvalue weighted by molar-refractivity contribution is -0.140. The number of nitrogens with zero attached hydrogens (tertiary/aromatic N) is 2. The fourth-order valence-electron chi connectivity index (χ4n) is 5.74. The topological polar surface area (TPSA) is 159 Å². The van der Waals surface area contributed by atoms with Gasteiger partial charge in [0.15, 0.2) is 21.3 Å². The van der Waals surface area contributed by atoms with Crippen molar-refractivity contribution >= 4 is 44.1 Å². The van der Waals surface area contributed by atoms with E-state index in [2.05, 4.69) is 10.3 Å². The molecule has 1 aliphatic rings. The molecule has 1 fully saturated rings. The minimum absolute atomic E-state index is 0.0944. The summed E-state index contributed by atoms with van der Waals surface area (Å²) in [4.78, 5) is 32.6. The molecule has 1 aliphatic heterocycles. The van der Waals surface area contributed by atoms with Crippen molar-refractivity contribution < 1.29 is 37.0 Å². The highest BCUT2D eigenvalue weighted by Gasteiger charge is 2.39. The van der Waals surface area contributed by atoms with Crippen LogP contribution in [0.5, 0.6) is 17.2 Å². The van der Waals surface area contributed by atoms with Crippen LogP contribution in [0, 0.1) is 0 Å². The minimum atomic E-state index is -3.77.